The first kappa shape index (κ1) is 12.0. The number of hydrogen-bond acceptors (Lipinski definition) is 3. The minimum absolute atomic E-state index is 0.282. The van der Waals surface area contributed by atoms with Gasteiger partial charge in [0.2, 0.25) is 0 Å². The monoisotopic (exact) mass is 210 g/mol. The molecule has 0 aliphatic carbocycles. The van der Waals surface area contributed by atoms with Crippen molar-refractivity contribution in [1.29, 1.82) is 5.26 Å². The summed E-state index contributed by atoms with van der Waals surface area (Å²) in [6.45, 7) is 2.58. The third-order valence-electron chi connectivity index (χ3n) is 3.12. The van der Waals surface area contributed by atoms with Crippen LogP contribution in [-0.4, -0.2) is 34.6 Å². The molecule has 1 rings (SSSR count). The summed E-state index contributed by atoms with van der Waals surface area (Å²) in [5.41, 5.74) is 0. The molecule has 2 atom stereocenters. The van der Waals surface area contributed by atoms with Crippen LogP contribution in [0.4, 0.5) is 0 Å². The summed E-state index contributed by atoms with van der Waals surface area (Å²) in [4.78, 5) is 12.9. The Morgan fingerprint density at radius 3 is 3.00 bits per heavy atom. The van der Waals surface area contributed by atoms with Crippen molar-refractivity contribution < 1.29 is 9.90 Å². The Hall–Kier alpha value is -1.08. The highest BCUT2D eigenvalue weighted by Crippen LogP contribution is 2.22. The molecule has 0 bridgehead atoms. The largest absolute Gasteiger partial charge is 0.480 e. The molecule has 15 heavy (non-hydrogen) atoms. The number of rotatable bonds is 4. The van der Waals surface area contributed by atoms with Crippen LogP contribution in [0.5, 0.6) is 0 Å². The molecule has 0 spiro atoms. The minimum atomic E-state index is -0.765. The van der Waals surface area contributed by atoms with Crippen LogP contribution in [-0.2, 0) is 4.79 Å². The molecule has 0 radical (unpaired) electrons. The Labute approximate surface area is 90.5 Å². The molecule has 0 aromatic carbocycles. The van der Waals surface area contributed by atoms with E-state index in [4.69, 9.17) is 10.4 Å². The lowest BCUT2D eigenvalue weighted by atomic mass is 9.96. The van der Waals surface area contributed by atoms with Crippen LogP contribution in [0.1, 0.15) is 39.0 Å². The third kappa shape index (κ3) is 3.21. The van der Waals surface area contributed by atoms with Gasteiger partial charge in [0.15, 0.2) is 0 Å². The molecule has 1 N–H and O–H groups in total. The van der Waals surface area contributed by atoms with Crippen molar-refractivity contribution in [3.63, 3.8) is 0 Å². The van der Waals surface area contributed by atoms with E-state index < -0.39 is 12.0 Å². The number of carbonyl (C=O) groups is 1. The van der Waals surface area contributed by atoms with Crippen LogP contribution in [0, 0.1) is 11.3 Å². The second-order valence-corrected chi connectivity index (χ2v) is 4.10. The highest BCUT2D eigenvalue weighted by molar-refractivity contribution is 5.72. The van der Waals surface area contributed by atoms with Gasteiger partial charge in [-0.15, -0.1) is 0 Å². The van der Waals surface area contributed by atoms with Crippen molar-refractivity contribution in [3.05, 3.63) is 0 Å². The molecule has 4 heteroatoms. The van der Waals surface area contributed by atoms with E-state index >= 15 is 0 Å². The Kier molecular flexibility index (Phi) is 4.57. The van der Waals surface area contributed by atoms with E-state index in [0.717, 1.165) is 32.2 Å². The second-order valence-electron chi connectivity index (χ2n) is 4.10. The van der Waals surface area contributed by atoms with Crippen LogP contribution in [0.15, 0.2) is 0 Å². The summed E-state index contributed by atoms with van der Waals surface area (Å²) in [6.07, 6.45) is 4.57. The standard InChI is InChI=1S/C11H18N2O2/c1-9(11(14)15)13-8-3-2-5-10(13)6-4-7-12/h9-10H,2-6,8H2,1H3,(H,14,15). The van der Waals surface area contributed by atoms with Gasteiger partial charge in [-0.2, -0.15) is 5.26 Å². The summed E-state index contributed by atoms with van der Waals surface area (Å²) in [5, 5.41) is 17.5. The number of piperidine rings is 1. The third-order valence-corrected chi connectivity index (χ3v) is 3.12. The maximum Gasteiger partial charge on any atom is 0.320 e. The average Bonchev–Trinajstić information content (AvgIpc) is 2.25. The fourth-order valence-electron chi connectivity index (χ4n) is 2.22. The number of hydrogen-bond donors (Lipinski definition) is 1. The Bertz CT molecular complexity index is 260. The molecule has 0 amide bonds. The zero-order valence-electron chi connectivity index (χ0n) is 9.15. The van der Waals surface area contributed by atoms with Gasteiger partial charge in [-0.1, -0.05) is 6.42 Å². The van der Waals surface area contributed by atoms with Gasteiger partial charge in [0.25, 0.3) is 0 Å². The van der Waals surface area contributed by atoms with Crippen molar-refractivity contribution in [1.82, 2.24) is 4.90 Å². The van der Waals surface area contributed by atoms with Crippen molar-refractivity contribution in [3.8, 4) is 6.07 Å². The fraction of sp³-hybridized carbons (Fsp3) is 0.818. The first-order valence-electron chi connectivity index (χ1n) is 5.52. The lowest BCUT2D eigenvalue weighted by Gasteiger charge is -2.37. The van der Waals surface area contributed by atoms with Crippen LogP contribution in [0.25, 0.3) is 0 Å². The molecule has 84 valence electrons. The van der Waals surface area contributed by atoms with Crippen molar-refractivity contribution in [2.45, 2.75) is 51.1 Å². The van der Waals surface area contributed by atoms with E-state index in [-0.39, 0.29) is 6.04 Å². The molecule has 1 saturated heterocycles. The van der Waals surface area contributed by atoms with E-state index in [1.807, 2.05) is 4.90 Å². The Morgan fingerprint density at radius 1 is 1.67 bits per heavy atom. The van der Waals surface area contributed by atoms with E-state index in [1.54, 1.807) is 6.92 Å². The molecule has 0 aromatic rings. The SMILES string of the molecule is CC(C(=O)O)N1CCCCC1CCC#N. The van der Waals surface area contributed by atoms with Crippen molar-refractivity contribution in [2.75, 3.05) is 6.54 Å². The first-order valence-corrected chi connectivity index (χ1v) is 5.52. The van der Waals surface area contributed by atoms with Gasteiger partial charge in [-0.05, 0) is 32.7 Å². The first-order chi connectivity index (χ1) is 7.16. The van der Waals surface area contributed by atoms with Crippen LogP contribution >= 0.6 is 0 Å². The maximum absolute atomic E-state index is 10.9. The molecule has 1 aliphatic heterocycles. The fourth-order valence-corrected chi connectivity index (χ4v) is 2.22. The molecular weight excluding hydrogens is 192 g/mol. The topological polar surface area (TPSA) is 64.3 Å². The predicted molar refractivity (Wildman–Crippen MR) is 56.3 cm³/mol. The van der Waals surface area contributed by atoms with Gasteiger partial charge in [0.05, 0.1) is 6.07 Å². The molecule has 4 nitrogen and oxygen atoms in total. The summed E-state index contributed by atoms with van der Waals surface area (Å²) in [6, 6.07) is 1.99. The molecule has 2 unspecified atom stereocenters. The number of carboxylic acid groups (broad SMARTS) is 1. The van der Waals surface area contributed by atoms with Crippen molar-refractivity contribution in [2.24, 2.45) is 0 Å². The van der Waals surface area contributed by atoms with E-state index in [2.05, 4.69) is 6.07 Å². The number of likely N-dealkylation sites (tertiary alicyclic amines) is 1. The number of nitriles is 1. The highest BCUT2D eigenvalue weighted by atomic mass is 16.4. The predicted octanol–water partition coefficient (Wildman–Crippen LogP) is 1.62. The summed E-state index contributed by atoms with van der Waals surface area (Å²) in [7, 11) is 0. The zero-order valence-corrected chi connectivity index (χ0v) is 9.15. The number of carboxylic acids is 1. The maximum atomic E-state index is 10.9. The molecular formula is C11H18N2O2. The van der Waals surface area contributed by atoms with Gasteiger partial charge < -0.3 is 5.11 Å². The van der Waals surface area contributed by atoms with Gasteiger partial charge in [0, 0.05) is 12.5 Å². The van der Waals surface area contributed by atoms with Crippen LogP contribution < -0.4 is 0 Å². The molecule has 0 aromatic heterocycles. The summed E-state index contributed by atoms with van der Waals surface area (Å²) in [5.74, 6) is -0.765. The highest BCUT2D eigenvalue weighted by Gasteiger charge is 2.29. The summed E-state index contributed by atoms with van der Waals surface area (Å²) >= 11 is 0. The van der Waals surface area contributed by atoms with Gasteiger partial charge in [0.1, 0.15) is 6.04 Å². The molecule has 1 fully saturated rings. The zero-order chi connectivity index (χ0) is 11.3. The Morgan fingerprint density at radius 2 is 2.40 bits per heavy atom. The van der Waals surface area contributed by atoms with E-state index in [9.17, 15) is 4.79 Å². The second kappa shape index (κ2) is 5.72. The van der Waals surface area contributed by atoms with Crippen molar-refractivity contribution >= 4 is 5.97 Å². The average molecular weight is 210 g/mol. The van der Waals surface area contributed by atoms with Crippen LogP contribution in [0.3, 0.4) is 0 Å². The number of nitrogens with zero attached hydrogens (tertiary/aromatic N) is 2. The molecule has 1 heterocycles. The van der Waals surface area contributed by atoms with Gasteiger partial charge in [-0.3, -0.25) is 9.69 Å². The Balaban J connectivity index is 2.57. The lowest BCUT2D eigenvalue weighted by molar-refractivity contribution is -0.144. The quantitative estimate of drug-likeness (QED) is 0.765. The number of aliphatic carboxylic acids is 1. The van der Waals surface area contributed by atoms with E-state index in [0.29, 0.717) is 6.42 Å². The minimum Gasteiger partial charge on any atom is -0.480 e. The summed E-state index contributed by atoms with van der Waals surface area (Å²) < 4.78 is 0. The van der Waals surface area contributed by atoms with Gasteiger partial charge in [-0.25, -0.2) is 0 Å². The smallest absolute Gasteiger partial charge is 0.320 e. The van der Waals surface area contributed by atoms with Crippen LogP contribution in [0.2, 0.25) is 0 Å². The van der Waals surface area contributed by atoms with E-state index in [1.165, 1.54) is 0 Å². The lowest BCUT2D eigenvalue weighted by Crippen LogP contribution is -2.48. The molecule has 1 aliphatic rings. The molecule has 0 saturated carbocycles. The normalized spacial score (nSPS) is 24.4. The van der Waals surface area contributed by atoms with Gasteiger partial charge >= 0.3 is 5.97 Å².